The maximum Gasteiger partial charge on any atom is 0.275 e. The predicted octanol–water partition coefficient (Wildman–Crippen LogP) is 4.53. The van der Waals surface area contributed by atoms with Gasteiger partial charge in [-0.15, -0.1) is 0 Å². The van der Waals surface area contributed by atoms with Crippen molar-refractivity contribution in [3.05, 3.63) is 46.4 Å². The maximum atomic E-state index is 13.5. The number of hydrogen-bond acceptors (Lipinski definition) is 2. The fourth-order valence-electron chi connectivity index (χ4n) is 4.58. The van der Waals surface area contributed by atoms with Crippen LogP contribution in [0.2, 0.25) is 0 Å². The van der Waals surface area contributed by atoms with Gasteiger partial charge in [0.1, 0.15) is 5.52 Å². The standard InChI is InChI=1S/C23H29N3O2/c1-3-4-14-24-22(27)18-15-26(16-10-6-5-7-11-16)23(28)21-20(18)17-12-8-9-13-19(17)25(21)2/h8-9,12-13,15-16H,3-7,10-11,14H2,1-2H3,(H,24,27). The van der Waals surface area contributed by atoms with Crippen LogP contribution >= 0.6 is 0 Å². The molecule has 0 aliphatic heterocycles. The fraction of sp³-hybridized carbons (Fsp3) is 0.478. The van der Waals surface area contributed by atoms with E-state index in [1.54, 1.807) is 0 Å². The van der Waals surface area contributed by atoms with Crippen molar-refractivity contribution in [2.75, 3.05) is 6.54 Å². The summed E-state index contributed by atoms with van der Waals surface area (Å²) in [4.78, 5) is 26.6. The molecule has 0 atom stereocenters. The molecule has 1 N–H and O–H groups in total. The lowest BCUT2D eigenvalue weighted by atomic mass is 9.95. The number of nitrogens with zero attached hydrogens (tertiary/aromatic N) is 2. The highest BCUT2D eigenvalue weighted by atomic mass is 16.2. The Morgan fingerprint density at radius 3 is 2.68 bits per heavy atom. The second kappa shape index (κ2) is 7.82. The van der Waals surface area contributed by atoms with Crippen molar-refractivity contribution < 1.29 is 4.79 Å². The number of para-hydroxylation sites is 1. The number of aromatic nitrogens is 2. The molecule has 2 aromatic heterocycles. The van der Waals surface area contributed by atoms with Gasteiger partial charge in [-0.25, -0.2) is 0 Å². The largest absolute Gasteiger partial charge is 0.352 e. The number of aryl methyl sites for hydroxylation is 1. The predicted molar refractivity (Wildman–Crippen MR) is 114 cm³/mol. The molecular weight excluding hydrogens is 350 g/mol. The first kappa shape index (κ1) is 18.8. The summed E-state index contributed by atoms with van der Waals surface area (Å²) in [7, 11) is 1.93. The Balaban J connectivity index is 1.96. The number of carbonyl (C=O) groups is 1. The van der Waals surface area contributed by atoms with Crippen LogP contribution in [0.4, 0.5) is 0 Å². The summed E-state index contributed by atoms with van der Waals surface area (Å²) in [6.45, 7) is 2.77. The van der Waals surface area contributed by atoms with Gasteiger partial charge in [0.15, 0.2) is 0 Å². The quantitative estimate of drug-likeness (QED) is 0.662. The zero-order valence-electron chi connectivity index (χ0n) is 16.8. The molecule has 0 bridgehead atoms. The SMILES string of the molecule is CCCCNC(=O)c1cn(C2CCCCC2)c(=O)c2c1c1ccccc1n2C. The van der Waals surface area contributed by atoms with E-state index in [9.17, 15) is 9.59 Å². The summed E-state index contributed by atoms with van der Waals surface area (Å²) in [5.74, 6) is -0.0839. The van der Waals surface area contributed by atoms with Crippen LogP contribution in [0.3, 0.4) is 0 Å². The highest BCUT2D eigenvalue weighted by Crippen LogP contribution is 2.32. The average molecular weight is 380 g/mol. The van der Waals surface area contributed by atoms with E-state index in [1.807, 2.05) is 46.6 Å². The minimum atomic E-state index is -0.0839. The summed E-state index contributed by atoms with van der Waals surface area (Å²) in [6, 6.07) is 8.14. The second-order valence-electron chi connectivity index (χ2n) is 7.96. The molecule has 0 unspecified atom stereocenters. The molecule has 3 aromatic rings. The molecule has 0 radical (unpaired) electrons. The molecule has 0 saturated heterocycles. The van der Waals surface area contributed by atoms with Crippen molar-refractivity contribution in [2.24, 2.45) is 7.05 Å². The zero-order chi connectivity index (χ0) is 19.7. The Labute approximate surface area is 165 Å². The third kappa shape index (κ3) is 3.13. The van der Waals surface area contributed by atoms with Gasteiger partial charge in [-0.2, -0.15) is 0 Å². The smallest absolute Gasteiger partial charge is 0.275 e. The van der Waals surface area contributed by atoms with Crippen LogP contribution in [0.15, 0.2) is 35.3 Å². The molecule has 1 aromatic carbocycles. The van der Waals surface area contributed by atoms with Gasteiger partial charge in [-0.1, -0.05) is 50.8 Å². The van der Waals surface area contributed by atoms with Gasteiger partial charge in [0.05, 0.1) is 5.56 Å². The molecule has 1 aliphatic carbocycles. The van der Waals surface area contributed by atoms with Crippen LogP contribution < -0.4 is 10.9 Å². The van der Waals surface area contributed by atoms with Crippen LogP contribution in [0, 0.1) is 0 Å². The van der Waals surface area contributed by atoms with Gasteiger partial charge in [0.2, 0.25) is 0 Å². The van der Waals surface area contributed by atoms with Gasteiger partial charge >= 0.3 is 0 Å². The Hall–Kier alpha value is -2.56. The molecule has 28 heavy (non-hydrogen) atoms. The third-order valence-corrected chi connectivity index (χ3v) is 6.11. The molecule has 5 nitrogen and oxygen atoms in total. The summed E-state index contributed by atoms with van der Waals surface area (Å²) in [5.41, 5.74) is 2.26. The van der Waals surface area contributed by atoms with Gasteiger partial charge in [0.25, 0.3) is 11.5 Å². The van der Waals surface area contributed by atoms with Crippen molar-refractivity contribution in [3.8, 4) is 0 Å². The van der Waals surface area contributed by atoms with Gasteiger partial charge in [-0.05, 0) is 25.3 Å². The topological polar surface area (TPSA) is 56.0 Å². The lowest BCUT2D eigenvalue weighted by molar-refractivity contribution is 0.0954. The molecule has 2 heterocycles. The van der Waals surface area contributed by atoms with Crippen LogP contribution in [0.1, 0.15) is 68.3 Å². The number of benzene rings is 1. The highest BCUT2D eigenvalue weighted by molar-refractivity contribution is 6.17. The molecule has 1 saturated carbocycles. The van der Waals surface area contributed by atoms with Gasteiger partial charge < -0.3 is 14.5 Å². The number of pyridine rings is 1. The Morgan fingerprint density at radius 1 is 1.18 bits per heavy atom. The molecule has 1 fully saturated rings. The van der Waals surface area contributed by atoms with Gasteiger partial charge in [-0.3, -0.25) is 9.59 Å². The summed E-state index contributed by atoms with van der Waals surface area (Å²) in [6.07, 6.45) is 9.33. The zero-order valence-corrected chi connectivity index (χ0v) is 16.8. The first-order valence-electron chi connectivity index (χ1n) is 10.5. The Morgan fingerprint density at radius 2 is 1.93 bits per heavy atom. The molecule has 148 valence electrons. The lowest BCUT2D eigenvalue weighted by Crippen LogP contribution is -2.31. The number of carbonyl (C=O) groups excluding carboxylic acids is 1. The average Bonchev–Trinajstić information content (AvgIpc) is 3.03. The van der Waals surface area contributed by atoms with E-state index in [0.29, 0.717) is 17.6 Å². The van der Waals surface area contributed by atoms with E-state index in [4.69, 9.17) is 0 Å². The van der Waals surface area contributed by atoms with E-state index in [0.717, 1.165) is 54.8 Å². The number of fused-ring (bicyclic) bond motifs is 3. The van der Waals surface area contributed by atoms with E-state index in [2.05, 4.69) is 12.2 Å². The maximum absolute atomic E-state index is 13.5. The monoisotopic (exact) mass is 379 g/mol. The molecule has 0 spiro atoms. The Bertz CT molecular complexity index is 1070. The number of hydrogen-bond donors (Lipinski definition) is 1. The number of rotatable bonds is 5. The van der Waals surface area contributed by atoms with Crippen LogP contribution in [0.25, 0.3) is 21.8 Å². The number of unbranched alkanes of at least 4 members (excludes halogenated alkanes) is 1. The van der Waals surface area contributed by atoms with Crippen molar-refractivity contribution >= 4 is 27.7 Å². The van der Waals surface area contributed by atoms with Gasteiger partial charge in [0, 0.05) is 42.1 Å². The first-order chi connectivity index (χ1) is 13.6. The summed E-state index contributed by atoms with van der Waals surface area (Å²) in [5, 5.41) is 4.80. The second-order valence-corrected chi connectivity index (χ2v) is 7.96. The minimum absolute atomic E-state index is 0.0192. The lowest BCUT2D eigenvalue weighted by Gasteiger charge is -2.25. The molecule has 4 rings (SSSR count). The minimum Gasteiger partial charge on any atom is -0.352 e. The van der Waals surface area contributed by atoms with E-state index < -0.39 is 0 Å². The van der Waals surface area contributed by atoms with E-state index >= 15 is 0 Å². The number of nitrogens with one attached hydrogen (secondary N) is 1. The van der Waals surface area contributed by atoms with Crippen molar-refractivity contribution in [1.29, 1.82) is 0 Å². The molecule has 5 heteroatoms. The third-order valence-electron chi connectivity index (χ3n) is 6.11. The molecular formula is C23H29N3O2. The summed E-state index contributed by atoms with van der Waals surface area (Å²) < 4.78 is 3.80. The van der Waals surface area contributed by atoms with Crippen molar-refractivity contribution in [1.82, 2.24) is 14.5 Å². The highest BCUT2D eigenvalue weighted by Gasteiger charge is 2.24. The van der Waals surface area contributed by atoms with Crippen LogP contribution in [-0.2, 0) is 7.05 Å². The Kier molecular flexibility index (Phi) is 5.25. The fourth-order valence-corrected chi connectivity index (χ4v) is 4.58. The van der Waals surface area contributed by atoms with Crippen LogP contribution in [0.5, 0.6) is 0 Å². The van der Waals surface area contributed by atoms with Crippen molar-refractivity contribution in [3.63, 3.8) is 0 Å². The first-order valence-corrected chi connectivity index (χ1v) is 10.5. The molecule has 1 amide bonds. The number of amides is 1. The molecule has 1 aliphatic rings. The normalized spacial score (nSPS) is 15.4. The van der Waals surface area contributed by atoms with Crippen LogP contribution in [-0.4, -0.2) is 21.6 Å². The van der Waals surface area contributed by atoms with E-state index in [1.165, 1.54) is 6.42 Å². The van der Waals surface area contributed by atoms with E-state index in [-0.39, 0.29) is 17.5 Å². The summed E-state index contributed by atoms with van der Waals surface area (Å²) >= 11 is 0. The van der Waals surface area contributed by atoms with Crippen molar-refractivity contribution in [2.45, 2.75) is 57.9 Å².